The maximum absolute atomic E-state index is 12.4. The van der Waals surface area contributed by atoms with Crippen LogP contribution in [0.1, 0.15) is 5.56 Å². The first-order valence-electron chi connectivity index (χ1n) is 5.13. The monoisotopic (exact) mass is 385 g/mol. The molecule has 106 valence electrons. The molecule has 1 heterocycles. The van der Waals surface area contributed by atoms with E-state index in [1.807, 2.05) is 0 Å². The van der Waals surface area contributed by atoms with Crippen LogP contribution in [0.3, 0.4) is 0 Å². The summed E-state index contributed by atoms with van der Waals surface area (Å²) >= 11 is 15.1. The van der Waals surface area contributed by atoms with Crippen molar-refractivity contribution >= 4 is 39.1 Å². The predicted octanol–water partition coefficient (Wildman–Crippen LogP) is 5.96. The fourth-order valence-electron chi connectivity index (χ4n) is 1.34. The Balaban J connectivity index is 2.27. The summed E-state index contributed by atoms with van der Waals surface area (Å²) in [4.78, 5) is 3.57. The Kier molecular flexibility index (Phi) is 4.46. The Labute approximate surface area is 130 Å². The van der Waals surface area contributed by atoms with Crippen LogP contribution in [0, 0.1) is 0 Å². The van der Waals surface area contributed by atoms with Crippen LogP contribution in [-0.2, 0) is 6.18 Å². The largest absolute Gasteiger partial charge is 0.436 e. The maximum Gasteiger partial charge on any atom is 0.417 e. The Bertz CT molecular complexity index is 609. The minimum atomic E-state index is -4.45. The molecule has 0 atom stereocenters. The van der Waals surface area contributed by atoms with Gasteiger partial charge in [-0.3, -0.25) is 0 Å². The van der Waals surface area contributed by atoms with Gasteiger partial charge in [-0.1, -0.05) is 39.1 Å². The summed E-state index contributed by atoms with van der Waals surface area (Å²) in [6.45, 7) is 0. The van der Waals surface area contributed by atoms with E-state index in [2.05, 4.69) is 20.9 Å². The summed E-state index contributed by atoms with van der Waals surface area (Å²) < 4.78 is 43.1. The molecule has 0 aliphatic carbocycles. The van der Waals surface area contributed by atoms with Crippen LogP contribution in [-0.4, -0.2) is 4.98 Å². The molecule has 0 spiro atoms. The van der Waals surface area contributed by atoms with Crippen molar-refractivity contribution in [2.75, 3.05) is 0 Å². The molecule has 2 nitrogen and oxygen atoms in total. The van der Waals surface area contributed by atoms with Crippen molar-refractivity contribution in [3.63, 3.8) is 0 Å². The van der Waals surface area contributed by atoms with E-state index in [9.17, 15) is 13.2 Å². The summed E-state index contributed by atoms with van der Waals surface area (Å²) in [6.07, 6.45) is -3.77. The molecule has 20 heavy (non-hydrogen) atoms. The lowest BCUT2D eigenvalue weighted by Crippen LogP contribution is -2.05. The van der Waals surface area contributed by atoms with Crippen molar-refractivity contribution in [3.05, 3.63) is 50.5 Å². The minimum Gasteiger partial charge on any atom is -0.436 e. The molecule has 0 radical (unpaired) electrons. The number of hydrogen-bond acceptors (Lipinski definition) is 2. The molecule has 0 aliphatic heterocycles. The van der Waals surface area contributed by atoms with Gasteiger partial charge in [0.15, 0.2) is 5.75 Å². The number of benzene rings is 1. The third kappa shape index (κ3) is 3.56. The van der Waals surface area contributed by atoms with Gasteiger partial charge in [-0.2, -0.15) is 13.2 Å². The zero-order chi connectivity index (χ0) is 14.9. The molecule has 0 bridgehead atoms. The van der Waals surface area contributed by atoms with E-state index < -0.39 is 11.7 Å². The van der Waals surface area contributed by atoms with Gasteiger partial charge in [0.1, 0.15) is 0 Å². The van der Waals surface area contributed by atoms with Crippen LogP contribution in [0.15, 0.2) is 34.9 Å². The molecule has 0 N–H and O–H groups in total. The average molecular weight is 387 g/mol. The molecule has 0 saturated carbocycles. The first-order valence-corrected chi connectivity index (χ1v) is 6.68. The van der Waals surface area contributed by atoms with Crippen LogP contribution in [0.5, 0.6) is 11.6 Å². The second kappa shape index (κ2) is 5.79. The second-order valence-electron chi connectivity index (χ2n) is 3.68. The summed E-state index contributed by atoms with van der Waals surface area (Å²) in [5.41, 5.74) is -0.863. The quantitative estimate of drug-likeness (QED) is 0.635. The van der Waals surface area contributed by atoms with Crippen LogP contribution in [0.4, 0.5) is 13.2 Å². The summed E-state index contributed by atoms with van der Waals surface area (Å²) in [5.74, 6) is 0.0907. The van der Waals surface area contributed by atoms with Crippen molar-refractivity contribution in [1.82, 2.24) is 4.98 Å². The van der Waals surface area contributed by atoms with Crippen molar-refractivity contribution in [2.45, 2.75) is 6.18 Å². The fraction of sp³-hybridized carbons (Fsp3) is 0.0833. The molecular weight excluding hydrogens is 382 g/mol. The number of halogens is 6. The van der Waals surface area contributed by atoms with Gasteiger partial charge in [-0.15, -0.1) is 0 Å². The highest BCUT2D eigenvalue weighted by molar-refractivity contribution is 9.10. The molecule has 0 unspecified atom stereocenters. The number of pyridine rings is 1. The topological polar surface area (TPSA) is 22.1 Å². The fourth-order valence-corrected chi connectivity index (χ4v) is 2.63. The van der Waals surface area contributed by atoms with E-state index in [4.69, 9.17) is 27.9 Å². The van der Waals surface area contributed by atoms with Crippen molar-refractivity contribution in [3.8, 4) is 11.6 Å². The Morgan fingerprint density at radius 3 is 2.15 bits per heavy atom. The van der Waals surface area contributed by atoms with Gasteiger partial charge >= 0.3 is 6.18 Å². The highest BCUT2D eigenvalue weighted by Gasteiger charge is 2.30. The van der Waals surface area contributed by atoms with Crippen molar-refractivity contribution in [2.24, 2.45) is 0 Å². The molecule has 8 heteroatoms. The summed E-state index contributed by atoms with van der Waals surface area (Å²) in [6, 6.07) is 5.06. The standard InChI is InChI=1S/C12H5BrCl2F3NO/c13-7-3-8(14)11(9(15)4-7)20-10-2-1-6(5-19-10)12(16,17)18/h1-5H. The van der Waals surface area contributed by atoms with Gasteiger partial charge in [0.25, 0.3) is 0 Å². The number of alkyl halides is 3. The Morgan fingerprint density at radius 2 is 1.70 bits per heavy atom. The number of aromatic nitrogens is 1. The number of nitrogens with zero attached hydrogens (tertiary/aromatic N) is 1. The van der Waals surface area contributed by atoms with Crippen LogP contribution < -0.4 is 4.74 Å². The van der Waals surface area contributed by atoms with E-state index in [1.54, 1.807) is 12.1 Å². The molecule has 2 rings (SSSR count). The third-order valence-corrected chi connectivity index (χ3v) is 3.25. The van der Waals surface area contributed by atoms with Crippen LogP contribution in [0.2, 0.25) is 10.0 Å². The smallest absolute Gasteiger partial charge is 0.417 e. The minimum absolute atomic E-state index is 0.0378. The van der Waals surface area contributed by atoms with E-state index in [-0.39, 0.29) is 21.7 Å². The number of hydrogen-bond donors (Lipinski definition) is 0. The first-order chi connectivity index (χ1) is 9.27. The zero-order valence-electron chi connectivity index (χ0n) is 9.51. The molecule has 2 aromatic rings. The van der Waals surface area contributed by atoms with Gasteiger partial charge in [-0.25, -0.2) is 4.98 Å². The molecule has 1 aromatic carbocycles. The van der Waals surface area contributed by atoms with E-state index in [0.717, 1.165) is 12.1 Å². The average Bonchev–Trinajstić information content (AvgIpc) is 2.33. The van der Waals surface area contributed by atoms with Crippen LogP contribution in [0.25, 0.3) is 0 Å². The molecule has 0 amide bonds. The lowest BCUT2D eigenvalue weighted by molar-refractivity contribution is -0.137. The van der Waals surface area contributed by atoms with E-state index in [1.165, 1.54) is 0 Å². The molecule has 0 aliphatic rings. The van der Waals surface area contributed by atoms with E-state index in [0.29, 0.717) is 10.7 Å². The Morgan fingerprint density at radius 1 is 1.10 bits per heavy atom. The first kappa shape index (κ1) is 15.4. The van der Waals surface area contributed by atoms with E-state index >= 15 is 0 Å². The Hall–Kier alpha value is -0.980. The molecule has 0 saturated heterocycles. The second-order valence-corrected chi connectivity index (χ2v) is 5.41. The summed E-state index contributed by atoms with van der Waals surface area (Å²) in [7, 11) is 0. The molecule has 1 aromatic heterocycles. The number of rotatable bonds is 2. The van der Waals surface area contributed by atoms with Crippen molar-refractivity contribution < 1.29 is 17.9 Å². The van der Waals surface area contributed by atoms with Gasteiger partial charge in [-0.05, 0) is 18.2 Å². The normalized spacial score (nSPS) is 11.5. The highest BCUT2D eigenvalue weighted by Crippen LogP contribution is 2.38. The summed E-state index contributed by atoms with van der Waals surface area (Å²) in [5, 5.41) is 0.428. The van der Waals surface area contributed by atoms with Gasteiger partial charge in [0.05, 0.1) is 15.6 Å². The lowest BCUT2D eigenvalue weighted by Gasteiger charge is -2.10. The molecular formula is C12H5BrCl2F3NO. The zero-order valence-corrected chi connectivity index (χ0v) is 12.6. The molecule has 0 fully saturated rings. The van der Waals surface area contributed by atoms with Gasteiger partial charge < -0.3 is 4.74 Å². The number of ether oxygens (including phenoxy) is 1. The maximum atomic E-state index is 12.4. The third-order valence-electron chi connectivity index (χ3n) is 2.23. The highest BCUT2D eigenvalue weighted by atomic mass is 79.9. The van der Waals surface area contributed by atoms with Crippen molar-refractivity contribution in [1.29, 1.82) is 0 Å². The SMILES string of the molecule is FC(F)(F)c1ccc(Oc2c(Cl)cc(Br)cc2Cl)nc1. The van der Waals surface area contributed by atoms with Crippen LogP contribution >= 0.6 is 39.1 Å². The lowest BCUT2D eigenvalue weighted by atomic mass is 10.3. The predicted molar refractivity (Wildman–Crippen MR) is 73.5 cm³/mol. The van der Waals surface area contributed by atoms with Gasteiger partial charge in [0.2, 0.25) is 5.88 Å². The van der Waals surface area contributed by atoms with Gasteiger partial charge in [0, 0.05) is 16.7 Å².